The van der Waals surface area contributed by atoms with Gasteiger partial charge in [-0.1, -0.05) is 30.3 Å². The van der Waals surface area contributed by atoms with Gasteiger partial charge in [0.25, 0.3) is 5.78 Å². The first-order valence-corrected chi connectivity index (χ1v) is 10.4. The van der Waals surface area contributed by atoms with Gasteiger partial charge in [-0.3, -0.25) is 9.88 Å². The highest BCUT2D eigenvalue weighted by Gasteiger charge is 2.46. The summed E-state index contributed by atoms with van der Waals surface area (Å²) in [5.74, 6) is 2.90. The molecule has 0 radical (unpaired) electrons. The molecule has 0 N–H and O–H groups in total. The highest BCUT2D eigenvalue weighted by atomic mass is 15.4. The molecule has 5 heterocycles. The zero-order chi connectivity index (χ0) is 20.1. The molecule has 3 atom stereocenters. The zero-order valence-electron chi connectivity index (χ0n) is 16.8. The third-order valence-electron chi connectivity index (χ3n) is 6.55. The number of fused-ring (bicyclic) bond motifs is 2. The average molecular weight is 397 g/mol. The number of anilines is 1. The highest BCUT2D eigenvalue weighted by Crippen LogP contribution is 2.45. The molecule has 150 valence electrons. The van der Waals surface area contributed by atoms with Gasteiger partial charge in [0.2, 0.25) is 0 Å². The summed E-state index contributed by atoms with van der Waals surface area (Å²) in [4.78, 5) is 18.3. The molecule has 0 aliphatic carbocycles. The molecule has 2 aliphatic rings. The van der Waals surface area contributed by atoms with E-state index in [-0.39, 0.29) is 0 Å². The molecule has 0 amide bonds. The summed E-state index contributed by atoms with van der Waals surface area (Å²) in [6.45, 7) is 3.13. The SMILES string of the molecule is CN1CC2CN(c3cc(-c4cccnc4)nc4ncnn34)CC2C1c1ccccc1. The van der Waals surface area contributed by atoms with E-state index in [1.807, 2.05) is 22.8 Å². The van der Waals surface area contributed by atoms with Crippen LogP contribution in [-0.2, 0) is 0 Å². The third kappa shape index (κ3) is 2.77. The van der Waals surface area contributed by atoms with Gasteiger partial charge in [0.15, 0.2) is 0 Å². The van der Waals surface area contributed by atoms with Crippen LogP contribution in [-0.4, -0.2) is 56.1 Å². The minimum Gasteiger partial charge on any atom is -0.356 e. The number of benzene rings is 1. The Labute approximate surface area is 175 Å². The summed E-state index contributed by atoms with van der Waals surface area (Å²) in [5, 5.41) is 4.46. The summed E-state index contributed by atoms with van der Waals surface area (Å²) in [5.41, 5.74) is 3.28. The minimum absolute atomic E-state index is 0.451. The summed E-state index contributed by atoms with van der Waals surface area (Å²) in [6.07, 6.45) is 5.20. The quantitative estimate of drug-likeness (QED) is 0.530. The number of rotatable bonds is 3. The average Bonchev–Trinajstić information content (AvgIpc) is 3.48. The van der Waals surface area contributed by atoms with Crippen LogP contribution in [0.2, 0.25) is 0 Å². The van der Waals surface area contributed by atoms with Crippen molar-refractivity contribution in [2.24, 2.45) is 11.8 Å². The second-order valence-electron chi connectivity index (χ2n) is 8.34. The molecule has 30 heavy (non-hydrogen) atoms. The van der Waals surface area contributed by atoms with Crippen LogP contribution in [0.15, 0.2) is 67.3 Å². The maximum absolute atomic E-state index is 4.70. The lowest BCUT2D eigenvalue weighted by Gasteiger charge is -2.27. The van der Waals surface area contributed by atoms with Crippen molar-refractivity contribution >= 4 is 11.6 Å². The van der Waals surface area contributed by atoms with Gasteiger partial charge in [-0.05, 0) is 30.7 Å². The van der Waals surface area contributed by atoms with E-state index in [2.05, 4.69) is 68.3 Å². The highest BCUT2D eigenvalue weighted by molar-refractivity contribution is 5.65. The summed E-state index contributed by atoms with van der Waals surface area (Å²) < 4.78 is 1.86. The maximum atomic E-state index is 4.70. The predicted molar refractivity (Wildman–Crippen MR) is 115 cm³/mol. The van der Waals surface area contributed by atoms with Crippen molar-refractivity contribution < 1.29 is 0 Å². The van der Waals surface area contributed by atoms with Gasteiger partial charge in [-0.15, -0.1) is 0 Å². The van der Waals surface area contributed by atoms with Crippen LogP contribution in [0.4, 0.5) is 5.82 Å². The second kappa shape index (κ2) is 6.88. The van der Waals surface area contributed by atoms with E-state index in [4.69, 9.17) is 4.98 Å². The molecule has 0 bridgehead atoms. The Kier molecular flexibility index (Phi) is 4.02. The Balaban J connectivity index is 1.38. The zero-order valence-corrected chi connectivity index (χ0v) is 16.8. The Morgan fingerprint density at radius 2 is 1.90 bits per heavy atom. The Hall–Kier alpha value is -3.32. The molecular formula is C23H23N7. The Bertz CT molecular complexity index is 1170. The van der Waals surface area contributed by atoms with Gasteiger partial charge in [-0.2, -0.15) is 14.6 Å². The number of pyridine rings is 1. The fraction of sp³-hybridized carbons (Fsp3) is 0.304. The van der Waals surface area contributed by atoms with Crippen LogP contribution in [0.25, 0.3) is 17.0 Å². The smallest absolute Gasteiger partial charge is 0.254 e. The fourth-order valence-electron chi connectivity index (χ4n) is 5.28. The van der Waals surface area contributed by atoms with Crippen molar-refractivity contribution in [1.82, 2.24) is 29.5 Å². The molecule has 2 aliphatic heterocycles. The molecule has 3 aromatic heterocycles. The molecule has 2 saturated heterocycles. The van der Waals surface area contributed by atoms with Gasteiger partial charge in [0.05, 0.1) is 5.69 Å². The molecule has 4 aromatic rings. The van der Waals surface area contributed by atoms with E-state index in [9.17, 15) is 0 Å². The molecule has 7 heteroatoms. The third-order valence-corrected chi connectivity index (χ3v) is 6.55. The van der Waals surface area contributed by atoms with Gasteiger partial charge >= 0.3 is 0 Å². The molecule has 0 saturated carbocycles. The van der Waals surface area contributed by atoms with Gasteiger partial charge in [-0.25, -0.2) is 4.98 Å². The van der Waals surface area contributed by atoms with E-state index in [0.717, 1.165) is 36.7 Å². The van der Waals surface area contributed by atoms with Crippen molar-refractivity contribution in [3.8, 4) is 11.3 Å². The molecule has 3 unspecified atom stereocenters. The lowest BCUT2D eigenvalue weighted by molar-refractivity contribution is 0.279. The lowest BCUT2D eigenvalue weighted by Crippen LogP contribution is -2.30. The van der Waals surface area contributed by atoms with Crippen LogP contribution >= 0.6 is 0 Å². The van der Waals surface area contributed by atoms with Crippen molar-refractivity contribution in [3.63, 3.8) is 0 Å². The maximum Gasteiger partial charge on any atom is 0.254 e. The number of hydrogen-bond acceptors (Lipinski definition) is 6. The van der Waals surface area contributed by atoms with Crippen LogP contribution in [0.5, 0.6) is 0 Å². The van der Waals surface area contributed by atoms with Crippen molar-refractivity contribution in [3.05, 3.63) is 72.8 Å². The van der Waals surface area contributed by atoms with E-state index in [0.29, 0.717) is 23.7 Å². The molecule has 1 aromatic carbocycles. The first kappa shape index (κ1) is 17.5. The lowest BCUT2D eigenvalue weighted by atomic mass is 9.90. The van der Waals surface area contributed by atoms with Crippen molar-refractivity contribution in [2.45, 2.75) is 6.04 Å². The minimum atomic E-state index is 0.451. The van der Waals surface area contributed by atoms with E-state index < -0.39 is 0 Å². The van der Waals surface area contributed by atoms with Crippen LogP contribution in [0, 0.1) is 11.8 Å². The largest absolute Gasteiger partial charge is 0.356 e. The number of hydrogen-bond donors (Lipinski definition) is 0. The molecular weight excluding hydrogens is 374 g/mol. The van der Waals surface area contributed by atoms with E-state index in [1.54, 1.807) is 12.5 Å². The summed E-state index contributed by atoms with van der Waals surface area (Å²) in [7, 11) is 2.25. The van der Waals surface area contributed by atoms with Gasteiger partial charge < -0.3 is 4.90 Å². The van der Waals surface area contributed by atoms with E-state index >= 15 is 0 Å². The predicted octanol–water partition coefficient (Wildman–Crippen LogP) is 2.93. The standard InChI is InChI=1S/C23H23N7/c1-28-12-18-13-29(14-19(18)22(28)16-6-3-2-4-7-16)21-10-20(17-8-5-9-24-11-17)27-23-25-15-26-30(21)23/h2-11,15,18-19,22H,12-14H2,1H3. The fourth-order valence-corrected chi connectivity index (χ4v) is 5.28. The van der Waals surface area contributed by atoms with Crippen LogP contribution in [0.1, 0.15) is 11.6 Å². The first-order chi connectivity index (χ1) is 14.8. The molecule has 0 spiro atoms. The second-order valence-corrected chi connectivity index (χ2v) is 8.34. The van der Waals surface area contributed by atoms with Crippen LogP contribution < -0.4 is 4.90 Å². The van der Waals surface area contributed by atoms with E-state index in [1.165, 1.54) is 5.56 Å². The van der Waals surface area contributed by atoms with Crippen LogP contribution in [0.3, 0.4) is 0 Å². The number of nitrogens with zero attached hydrogens (tertiary/aromatic N) is 7. The molecule has 7 nitrogen and oxygen atoms in total. The molecule has 6 rings (SSSR count). The number of likely N-dealkylation sites (tertiary alicyclic amines) is 1. The normalized spacial score (nSPS) is 23.9. The molecule has 2 fully saturated rings. The summed E-state index contributed by atoms with van der Waals surface area (Å²) >= 11 is 0. The monoisotopic (exact) mass is 397 g/mol. The summed E-state index contributed by atoms with van der Waals surface area (Å²) in [6, 6.07) is 17.4. The first-order valence-electron chi connectivity index (χ1n) is 10.4. The topological polar surface area (TPSA) is 62.5 Å². The Morgan fingerprint density at radius 1 is 1.00 bits per heavy atom. The van der Waals surface area contributed by atoms with Crippen molar-refractivity contribution in [1.29, 1.82) is 0 Å². The Morgan fingerprint density at radius 3 is 2.73 bits per heavy atom. The van der Waals surface area contributed by atoms with Gasteiger partial charge in [0, 0.05) is 55.6 Å². The van der Waals surface area contributed by atoms with Gasteiger partial charge in [0.1, 0.15) is 12.1 Å². The van der Waals surface area contributed by atoms with Crippen molar-refractivity contribution in [2.75, 3.05) is 31.6 Å². The number of aromatic nitrogens is 5.